The first-order chi connectivity index (χ1) is 13.9. The van der Waals surface area contributed by atoms with E-state index in [0.29, 0.717) is 52.4 Å². The molecule has 8 heteroatoms. The van der Waals surface area contributed by atoms with Gasteiger partial charge in [-0.15, -0.1) is 0 Å². The summed E-state index contributed by atoms with van der Waals surface area (Å²) in [5.74, 6) is -0.597. The third-order valence-corrected chi connectivity index (χ3v) is 22.4. The maximum atomic E-state index is 12.0. The fourth-order valence-electron chi connectivity index (χ4n) is 2.56. The summed E-state index contributed by atoms with van der Waals surface area (Å²) in [6.07, 6.45) is 6.53. The van der Waals surface area contributed by atoms with Gasteiger partial charge in [0.2, 0.25) is 0 Å². The van der Waals surface area contributed by atoms with E-state index < -0.39 is 16.2 Å². The summed E-state index contributed by atoms with van der Waals surface area (Å²) in [7, 11) is 0. The van der Waals surface area contributed by atoms with Crippen LogP contribution in [0.5, 0.6) is 0 Å². The summed E-state index contributed by atoms with van der Waals surface area (Å²) in [5.41, 5.74) is 0. The SMILES string of the molecule is CCCCOC(=O)C[CH2][Sn]([Br])([CH2]CC(=O)OCCCC)[CH2]CC(=O)OCCCC. The van der Waals surface area contributed by atoms with Gasteiger partial charge in [0.25, 0.3) is 0 Å². The Labute approximate surface area is 186 Å². The number of unbranched alkanes of at least 4 members (excludes halogenated alkanes) is 3. The summed E-state index contributed by atoms with van der Waals surface area (Å²) < 4.78 is 17.8. The molecule has 0 unspecified atom stereocenters. The van der Waals surface area contributed by atoms with Crippen molar-refractivity contribution in [2.24, 2.45) is 0 Å². The van der Waals surface area contributed by atoms with Gasteiger partial charge in [-0.1, -0.05) is 0 Å². The molecule has 0 heterocycles. The van der Waals surface area contributed by atoms with Crippen LogP contribution in [-0.2, 0) is 28.6 Å². The second kappa shape index (κ2) is 18.5. The van der Waals surface area contributed by atoms with Crippen LogP contribution in [-0.4, -0.2) is 53.9 Å². The van der Waals surface area contributed by atoms with E-state index in [1.54, 1.807) is 0 Å². The van der Waals surface area contributed by atoms with Crippen LogP contribution in [0.3, 0.4) is 0 Å². The van der Waals surface area contributed by atoms with Crippen molar-refractivity contribution in [3.05, 3.63) is 0 Å². The first kappa shape index (κ1) is 28.7. The number of hydrogen-bond donors (Lipinski definition) is 0. The third kappa shape index (κ3) is 17.1. The van der Waals surface area contributed by atoms with Gasteiger partial charge in [-0.2, -0.15) is 0 Å². The first-order valence-corrected chi connectivity index (χ1v) is 23.5. The minimum atomic E-state index is -3.02. The number of carbonyl (C=O) groups excluding carboxylic acids is 3. The molecule has 0 aromatic carbocycles. The van der Waals surface area contributed by atoms with Crippen LogP contribution in [0.4, 0.5) is 0 Å². The van der Waals surface area contributed by atoms with Crippen LogP contribution in [0.2, 0.25) is 13.3 Å². The average Bonchev–Trinajstić information content (AvgIpc) is 2.70. The van der Waals surface area contributed by atoms with Crippen LogP contribution >= 0.6 is 12.7 Å². The second-order valence-electron chi connectivity index (χ2n) is 7.37. The number of ether oxygens (including phenoxy) is 3. The van der Waals surface area contributed by atoms with Gasteiger partial charge < -0.3 is 0 Å². The normalized spacial score (nSPS) is 11.2. The molecular weight excluding hydrogens is 547 g/mol. The van der Waals surface area contributed by atoms with E-state index in [1.165, 1.54) is 0 Å². The molecule has 0 aliphatic heterocycles. The topological polar surface area (TPSA) is 78.9 Å². The van der Waals surface area contributed by atoms with Gasteiger partial charge in [0, 0.05) is 0 Å². The Balaban J connectivity index is 4.60. The second-order valence-corrected chi connectivity index (χ2v) is 29.5. The molecule has 0 N–H and O–H groups in total. The van der Waals surface area contributed by atoms with E-state index >= 15 is 0 Å². The van der Waals surface area contributed by atoms with Gasteiger partial charge in [-0.25, -0.2) is 0 Å². The number of carbonyl (C=O) groups is 3. The first-order valence-electron chi connectivity index (χ1n) is 11.0. The van der Waals surface area contributed by atoms with Gasteiger partial charge >= 0.3 is 187 Å². The fraction of sp³-hybridized carbons (Fsp3) is 0.857. The van der Waals surface area contributed by atoms with Crippen LogP contribution < -0.4 is 0 Å². The fourth-order valence-corrected chi connectivity index (χ4v) is 14.3. The quantitative estimate of drug-likeness (QED) is 0.0911. The van der Waals surface area contributed by atoms with Gasteiger partial charge in [-0.3, -0.25) is 0 Å². The standard InChI is InChI=1S/3C7H13O2.BrH.Sn/c3*1-3-5-6-9-7(8)4-2;;/h3*2-6H2,1H3;1H;/q;;;;+1/p-1. The summed E-state index contributed by atoms with van der Waals surface area (Å²) in [5, 5.41) is 0. The molecule has 0 aliphatic carbocycles. The van der Waals surface area contributed by atoms with Crippen molar-refractivity contribution >= 4 is 46.8 Å². The monoisotopic (exact) mass is 586 g/mol. The van der Waals surface area contributed by atoms with Crippen LogP contribution in [0.15, 0.2) is 0 Å². The van der Waals surface area contributed by atoms with Gasteiger partial charge in [-0.05, 0) is 0 Å². The van der Waals surface area contributed by atoms with Gasteiger partial charge in [0.1, 0.15) is 0 Å². The summed E-state index contributed by atoms with van der Waals surface area (Å²) in [4.78, 5) is 36.0. The van der Waals surface area contributed by atoms with E-state index in [1.807, 2.05) is 20.8 Å². The predicted molar refractivity (Wildman–Crippen MR) is 121 cm³/mol. The predicted octanol–water partition coefficient (Wildman–Crippen LogP) is 5.53. The third-order valence-electron chi connectivity index (χ3n) is 4.61. The number of esters is 3. The zero-order valence-electron chi connectivity index (χ0n) is 18.4. The van der Waals surface area contributed by atoms with Crippen molar-refractivity contribution in [2.75, 3.05) is 19.8 Å². The molecule has 0 spiro atoms. The van der Waals surface area contributed by atoms with Crippen molar-refractivity contribution in [3.8, 4) is 0 Å². The molecule has 0 aliphatic rings. The van der Waals surface area contributed by atoms with Crippen molar-refractivity contribution in [3.63, 3.8) is 0 Å². The van der Waals surface area contributed by atoms with Crippen molar-refractivity contribution < 1.29 is 28.6 Å². The molecule has 0 aromatic heterocycles. The summed E-state index contributed by atoms with van der Waals surface area (Å²) in [6, 6.07) is 0. The van der Waals surface area contributed by atoms with E-state index in [0.717, 1.165) is 38.5 Å². The van der Waals surface area contributed by atoms with E-state index in [4.69, 9.17) is 14.2 Å². The Hall–Kier alpha value is -0.311. The molecule has 0 rings (SSSR count). The molecular formula is C21H39BrO6Sn. The van der Waals surface area contributed by atoms with E-state index in [9.17, 15) is 14.4 Å². The zero-order chi connectivity index (χ0) is 22.0. The van der Waals surface area contributed by atoms with Crippen LogP contribution in [0, 0.1) is 0 Å². The molecule has 0 atom stereocenters. The number of halogens is 1. The zero-order valence-corrected chi connectivity index (χ0v) is 22.9. The molecule has 170 valence electrons. The van der Waals surface area contributed by atoms with Crippen LogP contribution in [0.25, 0.3) is 0 Å². The molecule has 6 nitrogen and oxygen atoms in total. The molecule has 0 amide bonds. The molecule has 0 radical (unpaired) electrons. The minimum absolute atomic E-state index is 0.199. The van der Waals surface area contributed by atoms with Crippen molar-refractivity contribution in [1.29, 1.82) is 0 Å². The molecule has 0 aromatic rings. The van der Waals surface area contributed by atoms with E-state index in [-0.39, 0.29) is 17.9 Å². The summed E-state index contributed by atoms with van der Waals surface area (Å²) in [6.45, 7) is 7.50. The summed E-state index contributed by atoms with van der Waals surface area (Å²) >= 11 is 0.883. The number of hydrogen-bond acceptors (Lipinski definition) is 6. The Morgan fingerprint density at radius 2 is 0.897 bits per heavy atom. The Morgan fingerprint density at radius 3 is 1.14 bits per heavy atom. The Bertz CT molecular complexity index is 408. The molecule has 29 heavy (non-hydrogen) atoms. The Morgan fingerprint density at radius 1 is 0.621 bits per heavy atom. The molecule has 0 fully saturated rings. The maximum absolute atomic E-state index is 12.0. The van der Waals surface area contributed by atoms with Crippen molar-refractivity contribution in [2.45, 2.75) is 91.9 Å². The Kier molecular flexibility index (Phi) is 18.3. The number of rotatable bonds is 18. The van der Waals surface area contributed by atoms with Crippen LogP contribution in [0.1, 0.15) is 78.6 Å². The van der Waals surface area contributed by atoms with Gasteiger partial charge in [0.05, 0.1) is 0 Å². The average molecular weight is 586 g/mol. The molecule has 0 bridgehead atoms. The van der Waals surface area contributed by atoms with E-state index in [2.05, 4.69) is 12.7 Å². The molecule has 0 saturated carbocycles. The van der Waals surface area contributed by atoms with Crippen molar-refractivity contribution in [1.82, 2.24) is 0 Å². The molecule has 0 saturated heterocycles. The van der Waals surface area contributed by atoms with Gasteiger partial charge in [0.15, 0.2) is 0 Å².